The number of piperidine rings is 2. The standard InChI is InChI=1S/C35H44N4O2/c1-36(2)31-17-22-39(32(24-31)28-13-7-4-8-14-28)34(41)38-21-16-30(35(26-38)18-9-10-19-35)25-37-20-15-29(23-33(37)40)27-11-5-3-6-12-27/h3-8,11-15,20,23,30-32H,9-10,16-19,21-22,24-26H2,1-2H3/t30-,31+,32-/m0/s1. The van der Waals surface area contributed by atoms with Crippen molar-refractivity contribution in [2.45, 2.75) is 63.6 Å². The van der Waals surface area contributed by atoms with Crippen molar-refractivity contribution in [1.82, 2.24) is 19.3 Å². The molecular weight excluding hydrogens is 508 g/mol. The van der Waals surface area contributed by atoms with Crippen LogP contribution in [-0.2, 0) is 6.54 Å². The molecule has 3 atom stereocenters. The second-order valence-corrected chi connectivity index (χ2v) is 12.8. The fourth-order valence-electron chi connectivity index (χ4n) is 7.82. The van der Waals surface area contributed by atoms with E-state index in [1.807, 2.05) is 41.1 Å². The number of pyridine rings is 1. The van der Waals surface area contributed by atoms with Gasteiger partial charge >= 0.3 is 6.03 Å². The molecule has 3 aliphatic rings. The number of amides is 2. The van der Waals surface area contributed by atoms with E-state index in [2.05, 4.69) is 65.2 Å². The quantitative estimate of drug-likeness (QED) is 0.374. The van der Waals surface area contributed by atoms with Gasteiger partial charge in [-0.3, -0.25) is 4.79 Å². The van der Waals surface area contributed by atoms with Gasteiger partial charge in [0.2, 0.25) is 0 Å². The molecule has 0 radical (unpaired) electrons. The summed E-state index contributed by atoms with van der Waals surface area (Å²) in [5.74, 6) is 0.402. The minimum absolute atomic E-state index is 0.0625. The van der Waals surface area contributed by atoms with Crippen LogP contribution in [0.1, 0.15) is 56.6 Å². The first-order valence-corrected chi connectivity index (χ1v) is 15.5. The van der Waals surface area contributed by atoms with Crippen LogP contribution in [0.3, 0.4) is 0 Å². The molecule has 0 N–H and O–H groups in total. The molecule has 2 saturated heterocycles. The molecule has 1 aromatic heterocycles. The highest BCUT2D eigenvalue weighted by molar-refractivity contribution is 5.75. The van der Waals surface area contributed by atoms with Crippen molar-refractivity contribution < 1.29 is 4.79 Å². The second kappa shape index (κ2) is 11.8. The molecule has 3 heterocycles. The molecule has 1 spiro atoms. The summed E-state index contributed by atoms with van der Waals surface area (Å²) in [7, 11) is 4.30. The van der Waals surface area contributed by atoms with E-state index < -0.39 is 0 Å². The Labute approximate surface area is 244 Å². The highest BCUT2D eigenvalue weighted by Crippen LogP contribution is 2.49. The third kappa shape index (κ3) is 5.72. The maximum absolute atomic E-state index is 14.2. The molecule has 1 aliphatic carbocycles. The third-order valence-corrected chi connectivity index (χ3v) is 10.2. The van der Waals surface area contributed by atoms with E-state index in [9.17, 15) is 9.59 Å². The molecule has 41 heavy (non-hydrogen) atoms. The number of likely N-dealkylation sites (tertiary alicyclic amines) is 2. The molecule has 6 nitrogen and oxygen atoms in total. The number of carbonyl (C=O) groups excluding carboxylic acids is 1. The van der Waals surface area contributed by atoms with E-state index in [4.69, 9.17) is 0 Å². The zero-order chi connectivity index (χ0) is 28.4. The van der Waals surface area contributed by atoms with Crippen LogP contribution >= 0.6 is 0 Å². The van der Waals surface area contributed by atoms with Gasteiger partial charge in [0, 0.05) is 44.5 Å². The molecular formula is C35H44N4O2. The van der Waals surface area contributed by atoms with Crippen LogP contribution in [0, 0.1) is 11.3 Å². The Morgan fingerprint density at radius 1 is 0.902 bits per heavy atom. The predicted octanol–water partition coefficient (Wildman–Crippen LogP) is 6.28. The molecule has 0 unspecified atom stereocenters. The topological polar surface area (TPSA) is 48.8 Å². The van der Waals surface area contributed by atoms with Crippen LogP contribution in [-0.4, -0.2) is 65.1 Å². The van der Waals surface area contributed by atoms with Crippen molar-refractivity contribution in [1.29, 1.82) is 0 Å². The Balaban J connectivity index is 1.19. The summed E-state index contributed by atoms with van der Waals surface area (Å²) < 4.78 is 1.91. The third-order valence-electron chi connectivity index (χ3n) is 10.2. The minimum atomic E-state index is 0.0625. The Bertz CT molecular complexity index is 1380. The molecule has 6 heteroatoms. The lowest BCUT2D eigenvalue weighted by molar-refractivity contribution is 0.0176. The predicted molar refractivity (Wildman–Crippen MR) is 165 cm³/mol. The highest BCUT2D eigenvalue weighted by atomic mass is 16.2. The van der Waals surface area contributed by atoms with Gasteiger partial charge in [0.15, 0.2) is 0 Å². The lowest BCUT2D eigenvalue weighted by atomic mass is 9.69. The van der Waals surface area contributed by atoms with Crippen molar-refractivity contribution in [3.63, 3.8) is 0 Å². The average Bonchev–Trinajstić information content (AvgIpc) is 3.48. The van der Waals surface area contributed by atoms with Gasteiger partial charge in [0.25, 0.3) is 5.56 Å². The van der Waals surface area contributed by atoms with E-state index in [0.717, 1.165) is 69.4 Å². The number of carbonyl (C=O) groups is 1. The van der Waals surface area contributed by atoms with Crippen molar-refractivity contribution >= 4 is 6.03 Å². The number of urea groups is 1. The summed E-state index contributed by atoms with van der Waals surface area (Å²) in [6.07, 6.45) is 9.60. The molecule has 1 saturated carbocycles. The van der Waals surface area contributed by atoms with Crippen LogP contribution in [0.4, 0.5) is 4.79 Å². The van der Waals surface area contributed by atoms with Gasteiger partial charge in [-0.05, 0) is 80.3 Å². The number of hydrogen-bond acceptors (Lipinski definition) is 3. The van der Waals surface area contributed by atoms with Gasteiger partial charge in [-0.1, -0.05) is 73.5 Å². The smallest absolute Gasteiger partial charge is 0.320 e. The lowest BCUT2D eigenvalue weighted by Crippen LogP contribution is -2.56. The maximum Gasteiger partial charge on any atom is 0.320 e. The Kier molecular flexibility index (Phi) is 8.03. The molecule has 2 amide bonds. The molecule has 3 aromatic rings. The van der Waals surface area contributed by atoms with E-state index in [1.165, 1.54) is 18.4 Å². The van der Waals surface area contributed by atoms with Crippen molar-refractivity contribution in [2.24, 2.45) is 11.3 Å². The lowest BCUT2D eigenvalue weighted by Gasteiger charge is -2.50. The van der Waals surface area contributed by atoms with Gasteiger partial charge in [0.05, 0.1) is 6.04 Å². The van der Waals surface area contributed by atoms with Crippen molar-refractivity contribution in [2.75, 3.05) is 33.7 Å². The number of hydrogen-bond donors (Lipinski definition) is 0. The SMILES string of the molecule is CN(C)[C@@H]1CCN(C(=O)N2CC[C@@H](Cn3ccc(-c4ccccc4)cc3=O)C3(CCCC3)C2)[C@H](c2ccccc2)C1. The number of nitrogens with zero attached hydrogens (tertiary/aromatic N) is 4. The molecule has 0 bridgehead atoms. The summed E-state index contributed by atoms with van der Waals surface area (Å²) in [5.41, 5.74) is 3.42. The fraction of sp³-hybridized carbons (Fsp3) is 0.486. The number of aromatic nitrogens is 1. The van der Waals surface area contributed by atoms with Gasteiger partial charge in [0.1, 0.15) is 0 Å². The first-order chi connectivity index (χ1) is 19.9. The summed E-state index contributed by atoms with van der Waals surface area (Å²) in [4.78, 5) is 34.1. The summed E-state index contributed by atoms with van der Waals surface area (Å²) in [6.45, 7) is 3.09. The van der Waals surface area contributed by atoms with Gasteiger partial charge in [-0.15, -0.1) is 0 Å². The first-order valence-electron chi connectivity index (χ1n) is 15.5. The highest BCUT2D eigenvalue weighted by Gasteiger charge is 2.47. The Morgan fingerprint density at radius 3 is 2.29 bits per heavy atom. The van der Waals surface area contributed by atoms with Gasteiger partial charge in [-0.2, -0.15) is 0 Å². The van der Waals surface area contributed by atoms with E-state index in [1.54, 1.807) is 6.07 Å². The molecule has 2 aromatic carbocycles. The summed E-state index contributed by atoms with van der Waals surface area (Å²) in [6, 6.07) is 25.3. The van der Waals surface area contributed by atoms with E-state index in [-0.39, 0.29) is 23.0 Å². The maximum atomic E-state index is 14.2. The largest absolute Gasteiger partial charge is 0.324 e. The number of benzene rings is 2. The molecule has 6 rings (SSSR count). The van der Waals surface area contributed by atoms with E-state index in [0.29, 0.717) is 12.0 Å². The first kappa shape index (κ1) is 27.8. The molecule has 216 valence electrons. The Hall–Kier alpha value is -3.38. The van der Waals surface area contributed by atoms with Crippen LogP contribution < -0.4 is 5.56 Å². The zero-order valence-electron chi connectivity index (χ0n) is 24.6. The van der Waals surface area contributed by atoms with Gasteiger partial charge in [-0.25, -0.2) is 4.79 Å². The fourth-order valence-corrected chi connectivity index (χ4v) is 7.82. The normalized spacial score (nSPS) is 24.2. The monoisotopic (exact) mass is 552 g/mol. The summed E-state index contributed by atoms with van der Waals surface area (Å²) in [5, 5.41) is 0. The minimum Gasteiger partial charge on any atom is -0.324 e. The Morgan fingerprint density at radius 2 is 1.61 bits per heavy atom. The molecule has 2 aliphatic heterocycles. The van der Waals surface area contributed by atoms with Crippen molar-refractivity contribution in [3.05, 3.63) is 94.9 Å². The number of rotatable bonds is 5. The average molecular weight is 553 g/mol. The van der Waals surface area contributed by atoms with Gasteiger partial charge < -0.3 is 19.3 Å². The van der Waals surface area contributed by atoms with Crippen LogP contribution in [0.15, 0.2) is 83.8 Å². The van der Waals surface area contributed by atoms with Crippen LogP contribution in [0.5, 0.6) is 0 Å². The second-order valence-electron chi connectivity index (χ2n) is 12.8. The van der Waals surface area contributed by atoms with Crippen molar-refractivity contribution in [3.8, 4) is 11.1 Å². The summed E-state index contributed by atoms with van der Waals surface area (Å²) >= 11 is 0. The zero-order valence-corrected chi connectivity index (χ0v) is 24.6. The molecule has 3 fully saturated rings. The van der Waals surface area contributed by atoms with E-state index >= 15 is 0 Å². The van der Waals surface area contributed by atoms with Crippen LogP contribution in [0.2, 0.25) is 0 Å². The van der Waals surface area contributed by atoms with Crippen LogP contribution in [0.25, 0.3) is 11.1 Å².